The molecule has 7 heteroatoms. The molecule has 23 heavy (non-hydrogen) atoms. The Morgan fingerprint density at radius 3 is 2.17 bits per heavy atom. The smallest absolute Gasteiger partial charge is 0.379 e. The Labute approximate surface area is 132 Å². The van der Waals surface area contributed by atoms with Crippen molar-refractivity contribution < 1.29 is 22.8 Å². The lowest BCUT2D eigenvalue weighted by Gasteiger charge is -2.20. The first-order valence-corrected chi connectivity index (χ1v) is 7.02. The maximum absolute atomic E-state index is 12.2. The highest BCUT2D eigenvalue weighted by atomic mass is 19.4. The van der Waals surface area contributed by atoms with Crippen molar-refractivity contribution in [3.8, 4) is 0 Å². The molecule has 1 amide bonds. The Morgan fingerprint density at radius 1 is 1.13 bits per heavy atom. The second-order valence-corrected chi connectivity index (χ2v) is 5.44. The van der Waals surface area contributed by atoms with Crippen LogP contribution in [0.15, 0.2) is 36.5 Å². The van der Waals surface area contributed by atoms with E-state index in [1.807, 2.05) is 19.1 Å². The number of rotatable bonds is 6. The number of allylic oxidation sites excluding steroid dienone is 1. The minimum Gasteiger partial charge on any atom is -0.379 e. The largest absolute Gasteiger partial charge is 0.454 e. The number of hydrogen-bond acceptors (Lipinski definition) is 3. The van der Waals surface area contributed by atoms with E-state index in [4.69, 9.17) is 0 Å². The Hall–Kier alpha value is -2.31. The quantitative estimate of drug-likeness (QED) is 0.789. The molecule has 0 aliphatic heterocycles. The second-order valence-electron chi connectivity index (χ2n) is 5.44. The number of nitrogens with one attached hydrogen (secondary N) is 2. The Morgan fingerprint density at radius 2 is 1.70 bits per heavy atom. The number of halogens is 3. The van der Waals surface area contributed by atoms with Crippen molar-refractivity contribution in [2.75, 3.05) is 5.32 Å². The van der Waals surface area contributed by atoms with Crippen LogP contribution in [0.4, 0.5) is 18.9 Å². The second kappa shape index (κ2) is 7.80. The highest BCUT2D eigenvalue weighted by molar-refractivity contribution is 5.96. The summed E-state index contributed by atoms with van der Waals surface area (Å²) in [5, 5.41) is 5.22. The molecule has 1 atom stereocenters. The van der Waals surface area contributed by atoms with Gasteiger partial charge in [0.25, 0.3) is 5.78 Å². The van der Waals surface area contributed by atoms with Crippen LogP contribution >= 0.6 is 0 Å². The lowest BCUT2D eigenvalue weighted by molar-refractivity contribution is -0.165. The van der Waals surface area contributed by atoms with Gasteiger partial charge in [-0.05, 0) is 25.0 Å². The zero-order valence-corrected chi connectivity index (χ0v) is 13.1. The number of carbonyl (C=O) groups excluding carboxylic acids is 2. The zero-order valence-electron chi connectivity index (χ0n) is 13.1. The summed E-state index contributed by atoms with van der Waals surface area (Å²) < 4.78 is 36.3. The van der Waals surface area contributed by atoms with Crippen LogP contribution in [0.3, 0.4) is 0 Å². The van der Waals surface area contributed by atoms with E-state index >= 15 is 0 Å². The van der Waals surface area contributed by atoms with Gasteiger partial charge in [-0.1, -0.05) is 31.5 Å². The van der Waals surface area contributed by atoms with Gasteiger partial charge in [0.05, 0.1) is 0 Å². The SMILES string of the molecule is Cc1ccc(NC(=O)C(N/C=C/C(=O)C(F)(F)F)C(C)C)cc1. The first-order chi connectivity index (χ1) is 10.6. The molecule has 1 unspecified atom stereocenters. The number of anilines is 1. The third kappa shape index (κ3) is 6.14. The summed E-state index contributed by atoms with van der Waals surface area (Å²) in [7, 11) is 0. The molecule has 0 fully saturated rings. The van der Waals surface area contributed by atoms with Crippen molar-refractivity contribution >= 4 is 17.4 Å². The van der Waals surface area contributed by atoms with E-state index in [-0.39, 0.29) is 5.92 Å². The zero-order chi connectivity index (χ0) is 17.6. The molecule has 0 aliphatic rings. The van der Waals surface area contributed by atoms with Crippen molar-refractivity contribution in [3.63, 3.8) is 0 Å². The standard InChI is InChI=1S/C16H19F3N2O2/c1-10(2)14(20-9-8-13(22)16(17,18)19)15(23)21-12-6-4-11(3)5-7-12/h4-10,14,20H,1-3H3,(H,21,23)/b9-8+. The van der Waals surface area contributed by atoms with Gasteiger partial charge >= 0.3 is 6.18 Å². The van der Waals surface area contributed by atoms with E-state index in [9.17, 15) is 22.8 Å². The van der Waals surface area contributed by atoms with Gasteiger partial charge in [-0.25, -0.2) is 0 Å². The molecule has 4 nitrogen and oxygen atoms in total. The normalized spacial score (nSPS) is 13.2. The summed E-state index contributed by atoms with van der Waals surface area (Å²) in [6.45, 7) is 5.39. The molecule has 1 aromatic rings. The number of alkyl halides is 3. The maximum Gasteiger partial charge on any atom is 0.454 e. The van der Waals surface area contributed by atoms with Crippen molar-refractivity contribution in [2.24, 2.45) is 5.92 Å². The number of amides is 1. The third-order valence-corrected chi connectivity index (χ3v) is 3.06. The van der Waals surface area contributed by atoms with Crippen molar-refractivity contribution in [3.05, 3.63) is 42.1 Å². The monoisotopic (exact) mass is 328 g/mol. The average molecular weight is 328 g/mol. The van der Waals surface area contributed by atoms with E-state index in [1.165, 1.54) is 0 Å². The number of aryl methyl sites for hydroxylation is 1. The Balaban J connectivity index is 2.70. The van der Waals surface area contributed by atoms with E-state index in [1.54, 1.807) is 26.0 Å². The minimum atomic E-state index is -4.92. The maximum atomic E-state index is 12.2. The van der Waals surface area contributed by atoms with E-state index in [0.717, 1.165) is 11.8 Å². The van der Waals surface area contributed by atoms with Gasteiger partial charge < -0.3 is 10.6 Å². The van der Waals surface area contributed by atoms with Gasteiger partial charge in [0.1, 0.15) is 6.04 Å². The molecule has 0 saturated heterocycles. The fourth-order valence-corrected chi connectivity index (χ4v) is 1.75. The molecule has 0 saturated carbocycles. The van der Waals surface area contributed by atoms with Crippen molar-refractivity contribution in [1.29, 1.82) is 0 Å². The van der Waals surface area contributed by atoms with Crippen LogP contribution in [0.25, 0.3) is 0 Å². The molecule has 0 aromatic heterocycles. The summed E-state index contributed by atoms with van der Waals surface area (Å²) in [4.78, 5) is 23.0. The lowest BCUT2D eigenvalue weighted by Crippen LogP contribution is -2.42. The summed E-state index contributed by atoms with van der Waals surface area (Å²) in [5.74, 6) is -2.56. The van der Waals surface area contributed by atoms with Crippen molar-refractivity contribution in [1.82, 2.24) is 5.32 Å². The van der Waals surface area contributed by atoms with Crippen LogP contribution < -0.4 is 10.6 Å². The van der Waals surface area contributed by atoms with Gasteiger partial charge in [0, 0.05) is 18.0 Å². The average Bonchev–Trinajstić information content (AvgIpc) is 2.44. The summed E-state index contributed by atoms with van der Waals surface area (Å²) in [5.41, 5.74) is 1.62. The van der Waals surface area contributed by atoms with E-state index in [0.29, 0.717) is 11.8 Å². The molecule has 126 valence electrons. The molecule has 0 heterocycles. The first-order valence-electron chi connectivity index (χ1n) is 7.02. The fraction of sp³-hybridized carbons (Fsp3) is 0.375. The van der Waals surface area contributed by atoms with Crippen molar-refractivity contribution in [2.45, 2.75) is 33.0 Å². The predicted molar refractivity (Wildman–Crippen MR) is 81.8 cm³/mol. The van der Waals surface area contributed by atoms with Gasteiger partial charge in [-0.2, -0.15) is 13.2 Å². The predicted octanol–water partition coefficient (Wildman–Crippen LogP) is 3.19. The number of hydrogen-bond donors (Lipinski definition) is 2. The van der Waals surface area contributed by atoms with E-state index in [2.05, 4.69) is 10.6 Å². The van der Waals surface area contributed by atoms with Crippen LogP contribution in [-0.4, -0.2) is 23.9 Å². The van der Waals surface area contributed by atoms with Gasteiger partial charge in [-0.3, -0.25) is 9.59 Å². The van der Waals surface area contributed by atoms with Crippen LogP contribution in [0.5, 0.6) is 0 Å². The topological polar surface area (TPSA) is 58.2 Å². The number of ketones is 1. The molecule has 0 bridgehead atoms. The van der Waals surface area contributed by atoms with Crippen LogP contribution in [-0.2, 0) is 9.59 Å². The summed E-state index contributed by atoms with van der Waals surface area (Å²) in [6, 6.07) is 6.35. The molecule has 0 spiro atoms. The van der Waals surface area contributed by atoms with Crippen LogP contribution in [0.1, 0.15) is 19.4 Å². The van der Waals surface area contributed by atoms with E-state index < -0.39 is 23.9 Å². The Kier molecular flexibility index (Phi) is 6.36. The minimum absolute atomic E-state index is 0.189. The molecular formula is C16H19F3N2O2. The third-order valence-electron chi connectivity index (χ3n) is 3.06. The summed E-state index contributed by atoms with van der Waals surface area (Å²) in [6.07, 6.45) is -3.70. The molecule has 2 N–H and O–H groups in total. The van der Waals surface area contributed by atoms with Gasteiger partial charge in [0.15, 0.2) is 0 Å². The lowest BCUT2D eigenvalue weighted by atomic mass is 10.0. The Bertz CT molecular complexity index is 578. The molecular weight excluding hydrogens is 309 g/mol. The highest BCUT2D eigenvalue weighted by Gasteiger charge is 2.36. The summed E-state index contributed by atoms with van der Waals surface area (Å²) >= 11 is 0. The number of carbonyl (C=O) groups is 2. The molecule has 1 rings (SSSR count). The fourth-order valence-electron chi connectivity index (χ4n) is 1.75. The van der Waals surface area contributed by atoms with Crippen LogP contribution in [0.2, 0.25) is 0 Å². The first kappa shape index (κ1) is 18.7. The molecule has 0 radical (unpaired) electrons. The van der Waals surface area contributed by atoms with Gasteiger partial charge in [-0.15, -0.1) is 0 Å². The van der Waals surface area contributed by atoms with Gasteiger partial charge in [0.2, 0.25) is 5.91 Å². The molecule has 0 aliphatic carbocycles. The van der Waals surface area contributed by atoms with Crippen LogP contribution in [0, 0.1) is 12.8 Å². The number of benzene rings is 1. The highest BCUT2D eigenvalue weighted by Crippen LogP contribution is 2.16. The molecule has 1 aromatic carbocycles.